The van der Waals surface area contributed by atoms with Crippen LogP contribution in [0.5, 0.6) is 5.75 Å². The highest BCUT2D eigenvalue weighted by atomic mass is 35.5. The van der Waals surface area contributed by atoms with Gasteiger partial charge in [0.15, 0.2) is 0 Å². The summed E-state index contributed by atoms with van der Waals surface area (Å²) in [5.41, 5.74) is 3.67. The molecule has 2 rings (SSSR count). The van der Waals surface area contributed by atoms with Crippen molar-refractivity contribution in [1.29, 1.82) is 0 Å². The summed E-state index contributed by atoms with van der Waals surface area (Å²) in [5, 5.41) is 3.16. The molecule has 0 atom stereocenters. The normalized spacial score (nSPS) is 9.52. The molecule has 0 heterocycles. The van der Waals surface area contributed by atoms with Crippen LogP contribution in [0.15, 0.2) is 48.5 Å². The number of hydrogen-bond donors (Lipinski definition) is 1. The van der Waals surface area contributed by atoms with Crippen molar-refractivity contribution < 1.29 is 4.74 Å². The quantitative estimate of drug-likeness (QED) is 0.648. The van der Waals surface area contributed by atoms with E-state index in [0.717, 1.165) is 12.3 Å². The van der Waals surface area contributed by atoms with Crippen molar-refractivity contribution >= 4 is 12.4 Å². The first-order valence-corrected chi connectivity index (χ1v) is 6.70. The standard InChI is InChI=1S/C18H19NO.ClH/c1-3-12-19-13-16-8-10-18(11-9-16)20-14-17-7-5-4-6-15(17)2;/h1,4-11,19H,12-14H2,2H3;1H. The van der Waals surface area contributed by atoms with Gasteiger partial charge in [0.05, 0.1) is 6.54 Å². The van der Waals surface area contributed by atoms with E-state index in [4.69, 9.17) is 11.2 Å². The van der Waals surface area contributed by atoms with E-state index < -0.39 is 0 Å². The predicted octanol–water partition coefficient (Wildman–Crippen LogP) is 3.72. The van der Waals surface area contributed by atoms with Crippen LogP contribution in [-0.4, -0.2) is 6.54 Å². The van der Waals surface area contributed by atoms with Crippen molar-refractivity contribution in [3.63, 3.8) is 0 Å². The number of rotatable bonds is 6. The Labute approximate surface area is 132 Å². The van der Waals surface area contributed by atoms with Crippen LogP contribution in [0.3, 0.4) is 0 Å². The van der Waals surface area contributed by atoms with E-state index in [1.54, 1.807) is 0 Å². The van der Waals surface area contributed by atoms with Crippen LogP contribution in [0.1, 0.15) is 16.7 Å². The highest BCUT2D eigenvalue weighted by molar-refractivity contribution is 5.85. The maximum atomic E-state index is 5.80. The van der Waals surface area contributed by atoms with Gasteiger partial charge in [-0.05, 0) is 35.7 Å². The molecule has 0 spiro atoms. The lowest BCUT2D eigenvalue weighted by Crippen LogP contribution is -2.12. The zero-order valence-electron chi connectivity index (χ0n) is 12.1. The fourth-order valence-corrected chi connectivity index (χ4v) is 1.92. The summed E-state index contributed by atoms with van der Waals surface area (Å²) in [6.45, 7) is 4.06. The molecule has 0 unspecified atom stereocenters. The number of ether oxygens (including phenoxy) is 1. The number of nitrogens with one attached hydrogen (secondary N) is 1. The van der Waals surface area contributed by atoms with Crippen LogP contribution in [0.2, 0.25) is 0 Å². The highest BCUT2D eigenvalue weighted by Crippen LogP contribution is 2.15. The Morgan fingerprint density at radius 2 is 1.81 bits per heavy atom. The van der Waals surface area contributed by atoms with Gasteiger partial charge in [-0.2, -0.15) is 0 Å². The number of terminal acetylenes is 1. The summed E-state index contributed by atoms with van der Waals surface area (Å²) in [6.07, 6.45) is 5.19. The molecule has 0 aliphatic rings. The molecule has 0 aliphatic heterocycles. The van der Waals surface area contributed by atoms with Gasteiger partial charge in [0.1, 0.15) is 12.4 Å². The molecular formula is C18H20ClNO. The molecule has 0 fully saturated rings. The molecule has 3 heteroatoms. The van der Waals surface area contributed by atoms with Crippen molar-refractivity contribution in [2.75, 3.05) is 6.54 Å². The second kappa shape index (κ2) is 9.07. The van der Waals surface area contributed by atoms with Crippen LogP contribution < -0.4 is 10.1 Å². The minimum absolute atomic E-state index is 0. The van der Waals surface area contributed by atoms with Crippen LogP contribution >= 0.6 is 12.4 Å². The molecule has 21 heavy (non-hydrogen) atoms. The van der Waals surface area contributed by atoms with Gasteiger partial charge < -0.3 is 10.1 Å². The van der Waals surface area contributed by atoms with Crippen molar-refractivity contribution in [2.45, 2.75) is 20.1 Å². The summed E-state index contributed by atoms with van der Waals surface area (Å²) >= 11 is 0. The van der Waals surface area contributed by atoms with Gasteiger partial charge in [-0.15, -0.1) is 18.8 Å². The Balaban J connectivity index is 0.00000220. The maximum absolute atomic E-state index is 5.80. The molecule has 0 aromatic heterocycles. The third-order valence-electron chi connectivity index (χ3n) is 3.14. The lowest BCUT2D eigenvalue weighted by Gasteiger charge is -2.09. The zero-order valence-corrected chi connectivity index (χ0v) is 13.0. The van der Waals surface area contributed by atoms with Crippen molar-refractivity contribution in [1.82, 2.24) is 5.32 Å². The first kappa shape index (κ1) is 17.1. The van der Waals surface area contributed by atoms with Gasteiger partial charge in [0.25, 0.3) is 0 Å². The van der Waals surface area contributed by atoms with Crippen molar-refractivity contribution in [3.05, 3.63) is 65.2 Å². The van der Waals surface area contributed by atoms with Gasteiger partial charge in [0, 0.05) is 6.54 Å². The SMILES string of the molecule is C#CCNCc1ccc(OCc2ccccc2C)cc1.Cl. The van der Waals surface area contributed by atoms with Crippen LogP contribution in [-0.2, 0) is 13.2 Å². The summed E-state index contributed by atoms with van der Waals surface area (Å²) in [4.78, 5) is 0. The smallest absolute Gasteiger partial charge is 0.119 e. The molecule has 2 nitrogen and oxygen atoms in total. The average molecular weight is 302 g/mol. The zero-order chi connectivity index (χ0) is 14.2. The highest BCUT2D eigenvalue weighted by Gasteiger charge is 1.99. The molecule has 0 bridgehead atoms. The molecule has 0 radical (unpaired) electrons. The topological polar surface area (TPSA) is 21.3 Å². The Kier molecular flexibility index (Phi) is 7.39. The largest absolute Gasteiger partial charge is 0.489 e. The molecule has 2 aromatic rings. The van der Waals surface area contributed by atoms with Crippen LogP contribution in [0.4, 0.5) is 0 Å². The summed E-state index contributed by atoms with van der Waals surface area (Å²) in [5.74, 6) is 3.44. The van der Waals surface area contributed by atoms with Gasteiger partial charge in [0.2, 0.25) is 0 Å². The van der Waals surface area contributed by atoms with Gasteiger partial charge in [-0.25, -0.2) is 0 Å². The predicted molar refractivity (Wildman–Crippen MR) is 89.7 cm³/mol. The lowest BCUT2D eigenvalue weighted by atomic mass is 10.1. The lowest BCUT2D eigenvalue weighted by molar-refractivity contribution is 0.305. The molecular weight excluding hydrogens is 282 g/mol. The Hall–Kier alpha value is -1.95. The van der Waals surface area contributed by atoms with E-state index >= 15 is 0 Å². The average Bonchev–Trinajstić information content (AvgIpc) is 2.48. The van der Waals surface area contributed by atoms with Crippen LogP contribution in [0.25, 0.3) is 0 Å². The van der Waals surface area contributed by atoms with Gasteiger partial charge >= 0.3 is 0 Å². The van der Waals surface area contributed by atoms with E-state index in [0.29, 0.717) is 13.2 Å². The minimum atomic E-state index is 0. The van der Waals surface area contributed by atoms with E-state index in [-0.39, 0.29) is 12.4 Å². The molecule has 0 saturated carbocycles. The van der Waals surface area contributed by atoms with Crippen molar-refractivity contribution in [3.8, 4) is 18.1 Å². The number of aryl methyl sites for hydroxylation is 1. The van der Waals surface area contributed by atoms with Gasteiger partial charge in [-0.3, -0.25) is 0 Å². The van der Waals surface area contributed by atoms with E-state index in [9.17, 15) is 0 Å². The Morgan fingerprint density at radius 3 is 2.48 bits per heavy atom. The minimum Gasteiger partial charge on any atom is -0.489 e. The summed E-state index contributed by atoms with van der Waals surface area (Å²) in [6, 6.07) is 16.3. The Morgan fingerprint density at radius 1 is 1.10 bits per heavy atom. The third-order valence-corrected chi connectivity index (χ3v) is 3.14. The summed E-state index contributed by atoms with van der Waals surface area (Å²) in [7, 11) is 0. The van der Waals surface area contributed by atoms with Gasteiger partial charge in [-0.1, -0.05) is 42.3 Å². The number of hydrogen-bond acceptors (Lipinski definition) is 2. The van der Waals surface area contributed by atoms with Crippen LogP contribution in [0, 0.1) is 19.3 Å². The number of benzene rings is 2. The fraction of sp³-hybridized carbons (Fsp3) is 0.222. The second-order valence-electron chi connectivity index (χ2n) is 4.67. The molecule has 1 N–H and O–H groups in total. The first-order chi connectivity index (χ1) is 9.79. The summed E-state index contributed by atoms with van der Waals surface area (Å²) < 4.78 is 5.80. The van der Waals surface area contributed by atoms with E-state index in [1.807, 2.05) is 24.3 Å². The van der Waals surface area contributed by atoms with E-state index in [1.165, 1.54) is 16.7 Å². The molecule has 0 saturated heterocycles. The maximum Gasteiger partial charge on any atom is 0.119 e. The molecule has 110 valence electrons. The first-order valence-electron chi connectivity index (χ1n) is 6.70. The third kappa shape index (κ3) is 5.51. The molecule has 2 aromatic carbocycles. The molecule has 0 amide bonds. The number of halogens is 1. The second-order valence-corrected chi connectivity index (χ2v) is 4.67. The fourth-order valence-electron chi connectivity index (χ4n) is 1.92. The van der Waals surface area contributed by atoms with Crippen molar-refractivity contribution in [2.24, 2.45) is 0 Å². The molecule has 0 aliphatic carbocycles. The monoisotopic (exact) mass is 301 g/mol. The van der Waals surface area contributed by atoms with E-state index in [2.05, 4.69) is 42.4 Å². The Bertz CT molecular complexity index is 587.